The van der Waals surface area contributed by atoms with Crippen LogP contribution in [0.15, 0.2) is 11.6 Å². The lowest BCUT2D eigenvalue weighted by Gasteiger charge is -2.55. The first-order valence-corrected chi connectivity index (χ1v) is 11.9. The van der Waals surface area contributed by atoms with E-state index in [0.717, 1.165) is 38.5 Å². The van der Waals surface area contributed by atoms with Crippen LogP contribution in [0.4, 0.5) is 0 Å². The molecule has 4 saturated carbocycles. The van der Waals surface area contributed by atoms with Crippen LogP contribution in [-0.2, 0) is 19.1 Å². The first-order valence-electron chi connectivity index (χ1n) is 11.9. The summed E-state index contributed by atoms with van der Waals surface area (Å²) in [4.78, 5) is 37.3. The van der Waals surface area contributed by atoms with E-state index in [4.69, 9.17) is 4.74 Å². The van der Waals surface area contributed by atoms with Crippen LogP contribution < -0.4 is 10.6 Å². The van der Waals surface area contributed by atoms with Crippen molar-refractivity contribution >= 4 is 17.8 Å². The molecule has 5 aliphatic carbocycles. The lowest BCUT2D eigenvalue weighted by atomic mass is 9.49. The van der Waals surface area contributed by atoms with Crippen LogP contribution in [0.1, 0.15) is 77.6 Å². The fourth-order valence-electron chi connectivity index (χ4n) is 6.64. The molecule has 0 radical (unpaired) electrons. The van der Waals surface area contributed by atoms with Gasteiger partial charge in [-0.2, -0.15) is 0 Å². The Morgan fingerprint density at radius 1 is 1.07 bits per heavy atom. The molecule has 0 aromatic heterocycles. The summed E-state index contributed by atoms with van der Waals surface area (Å²) in [5.41, 5.74) is 1.13. The molecule has 2 N–H and O–H groups in total. The summed E-state index contributed by atoms with van der Waals surface area (Å²) in [6, 6.07) is 0. The molecule has 0 aromatic carbocycles. The maximum absolute atomic E-state index is 12.9. The second-order valence-corrected chi connectivity index (χ2v) is 10.2. The van der Waals surface area contributed by atoms with E-state index in [2.05, 4.69) is 16.7 Å². The lowest BCUT2D eigenvalue weighted by molar-refractivity contribution is -0.156. The SMILES string of the molecule is CC(OC(=O)CNC(=O)C12CC3CC(CC(C3)C1)C2)C(=O)NCCC1=CCCCC1. The number of carbonyl (C=O) groups excluding carboxylic acids is 3. The summed E-state index contributed by atoms with van der Waals surface area (Å²) >= 11 is 0. The van der Waals surface area contributed by atoms with Crippen molar-refractivity contribution < 1.29 is 19.1 Å². The van der Waals surface area contributed by atoms with Crippen molar-refractivity contribution in [3.8, 4) is 0 Å². The summed E-state index contributed by atoms with van der Waals surface area (Å²) in [6.07, 6.45) is 13.7. The maximum Gasteiger partial charge on any atom is 0.326 e. The van der Waals surface area contributed by atoms with Crippen molar-refractivity contribution in [2.45, 2.75) is 83.7 Å². The number of esters is 1. The van der Waals surface area contributed by atoms with Crippen LogP contribution in [0.25, 0.3) is 0 Å². The normalized spacial score (nSPS) is 32.8. The molecule has 0 saturated heterocycles. The van der Waals surface area contributed by atoms with Crippen LogP contribution in [0, 0.1) is 23.2 Å². The summed E-state index contributed by atoms with van der Waals surface area (Å²) < 4.78 is 5.24. The molecule has 0 aliphatic heterocycles. The van der Waals surface area contributed by atoms with Gasteiger partial charge in [0.25, 0.3) is 5.91 Å². The highest BCUT2D eigenvalue weighted by Gasteiger charge is 2.54. The van der Waals surface area contributed by atoms with E-state index in [1.165, 1.54) is 37.7 Å². The van der Waals surface area contributed by atoms with Gasteiger partial charge in [-0.1, -0.05) is 11.6 Å². The highest BCUT2D eigenvalue weighted by atomic mass is 16.5. The van der Waals surface area contributed by atoms with Crippen LogP contribution >= 0.6 is 0 Å². The van der Waals surface area contributed by atoms with Gasteiger partial charge in [0.1, 0.15) is 6.54 Å². The standard InChI is InChI=1S/C24H36N2O4/c1-16(22(28)25-8-7-17-5-3-2-4-6-17)30-21(27)15-26-23(29)24-12-18-9-19(13-24)11-20(10-18)14-24/h5,16,18-20H,2-4,6-15H2,1H3,(H,25,28)(H,26,29). The third kappa shape index (κ3) is 4.89. The van der Waals surface area contributed by atoms with Gasteiger partial charge in [-0.25, -0.2) is 0 Å². The Bertz CT molecular complexity index is 679. The van der Waals surface area contributed by atoms with Crippen molar-refractivity contribution in [2.75, 3.05) is 13.1 Å². The first-order chi connectivity index (χ1) is 14.4. The van der Waals surface area contributed by atoms with Crippen molar-refractivity contribution in [3.05, 3.63) is 11.6 Å². The maximum atomic E-state index is 12.9. The highest BCUT2D eigenvalue weighted by Crippen LogP contribution is 2.60. The third-order valence-corrected chi connectivity index (χ3v) is 7.72. The predicted octanol–water partition coefficient (Wildman–Crippen LogP) is 3.26. The number of ether oxygens (including phenoxy) is 1. The quantitative estimate of drug-likeness (QED) is 0.470. The van der Waals surface area contributed by atoms with Crippen LogP contribution in [-0.4, -0.2) is 37.0 Å². The minimum absolute atomic E-state index is 0.0106. The predicted molar refractivity (Wildman–Crippen MR) is 113 cm³/mol. The minimum Gasteiger partial charge on any atom is -0.451 e. The van der Waals surface area contributed by atoms with Crippen molar-refractivity contribution in [1.82, 2.24) is 10.6 Å². The molecular weight excluding hydrogens is 380 g/mol. The largest absolute Gasteiger partial charge is 0.451 e. The zero-order valence-electron chi connectivity index (χ0n) is 18.2. The van der Waals surface area contributed by atoms with Gasteiger partial charge in [-0.05, 0) is 95.3 Å². The van der Waals surface area contributed by atoms with Crippen LogP contribution in [0.3, 0.4) is 0 Å². The molecular formula is C24H36N2O4. The highest BCUT2D eigenvalue weighted by molar-refractivity contribution is 5.88. The van der Waals surface area contributed by atoms with Gasteiger partial charge in [0.15, 0.2) is 6.10 Å². The first kappa shape index (κ1) is 21.4. The Balaban J connectivity index is 1.16. The topological polar surface area (TPSA) is 84.5 Å². The molecule has 1 unspecified atom stereocenters. The molecule has 5 rings (SSSR count). The Morgan fingerprint density at radius 2 is 1.73 bits per heavy atom. The lowest BCUT2D eigenvalue weighted by Crippen LogP contribution is -2.54. The van der Waals surface area contributed by atoms with Gasteiger partial charge in [-0.15, -0.1) is 0 Å². The van der Waals surface area contributed by atoms with Gasteiger partial charge >= 0.3 is 5.97 Å². The fourth-order valence-corrected chi connectivity index (χ4v) is 6.64. The number of carbonyl (C=O) groups is 3. The molecule has 6 nitrogen and oxygen atoms in total. The summed E-state index contributed by atoms with van der Waals surface area (Å²) in [5.74, 6) is 1.22. The minimum atomic E-state index is -0.853. The van der Waals surface area contributed by atoms with Crippen molar-refractivity contribution in [3.63, 3.8) is 0 Å². The van der Waals surface area contributed by atoms with E-state index in [0.29, 0.717) is 24.3 Å². The van der Waals surface area contributed by atoms with Crippen LogP contribution in [0.5, 0.6) is 0 Å². The van der Waals surface area contributed by atoms with E-state index in [1.54, 1.807) is 6.92 Å². The average molecular weight is 417 g/mol. The zero-order valence-corrected chi connectivity index (χ0v) is 18.2. The molecule has 0 aromatic rings. The third-order valence-electron chi connectivity index (χ3n) is 7.72. The number of amides is 2. The number of allylic oxidation sites excluding steroid dienone is 1. The molecule has 30 heavy (non-hydrogen) atoms. The van der Waals surface area contributed by atoms with Crippen molar-refractivity contribution in [1.29, 1.82) is 0 Å². The monoisotopic (exact) mass is 416 g/mol. The molecule has 1 atom stereocenters. The number of rotatable bonds is 8. The molecule has 6 heteroatoms. The van der Waals surface area contributed by atoms with Gasteiger partial charge < -0.3 is 15.4 Å². The van der Waals surface area contributed by atoms with E-state index in [-0.39, 0.29) is 23.8 Å². The second-order valence-electron chi connectivity index (χ2n) is 10.2. The average Bonchev–Trinajstić information content (AvgIpc) is 2.71. The molecule has 4 fully saturated rings. The number of hydrogen-bond donors (Lipinski definition) is 2. The van der Waals surface area contributed by atoms with Gasteiger partial charge in [0.05, 0.1) is 0 Å². The number of hydrogen-bond acceptors (Lipinski definition) is 4. The van der Waals surface area contributed by atoms with Crippen molar-refractivity contribution in [2.24, 2.45) is 23.2 Å². The fraction of sp³-hybridized carbons (Fsp3) is 0.792. The van der Waals surface area contributed by atoms with E-state index >= 15 is 0 Å². The molecule has 166 valence electrons. The Labute approximate surface area is 179 Å². The molecule has 2 amide bonds. The Kier molecular flexibility index (Phi) is 6.49. The van der Waals surface area contributed by atoms with Crippen LogP contribution in [0.2, 0.25) is 0 Å². The van der Waals surface area contributed by atoms with E-state index in [1.807, 2.05) is 0 Å². The molecule has 0 heterocycles. The van der Waals surface area contributed by atoms with Gasteiger partial charge in [0.2, 0.25) is 5.91 Å². The smallest absolute Gasteiger partial charge is 0.326 e. The van der Waals surface area contributed by atoms with Gasteiger partial charge in [-0.3, -0.25) is 14.4 Å². The van der Waals surface area contributed by atoms with Gasteiger partial charge in [0, 0.05) is 12.0 Å². The zero-order chi connectivity index (χ0) is 21.1. The molecule has 5 aliphatic rings. The summed E-state index contributed by atoms with van der Waals surface area (Å²) in [5, 5.41) is 5.66. The van der Waals surface area contributed by atoms with E-state index < -0.39 is 12.1 Å². The second kappa shape index (κ2) is 9.11. The molecule has 0 spiro atoms. The number of nitrogens with one attached hydrogen (secondary N) is 2. The Hall–Kier alpha value is -1.85. The summed E-state index contributed by atoms with van der Waals surface area (Å²) in [6.45, 7) is 1.98. The Morgan fingerprint density at radius 3 is 2.33 bits per heavy atom. The summed E-state index contributed by atoms with van der Waals surface area (Å²) in [7, 11) is 0. The molecule has 4 bridgehead atoms. The van der Waals surface area contributed by atoms with E-state index in [9.17, 15) is 14.4 Å².